The molecule has 1 aromatic carbocycles. The van der Waals surface area contributed by atoms with E-state index in [1.165, 1.54) is 28.0 Å². The number of rotatable bonds is 5. The number of carbonyl (C=O) groups is 3. The van der Waals surface area contributed by atoms with Crippen LogP contribution in [0.4, 0.5) is 5.69 Å². The van der Waals surface area contributed by atoms with E-state index in [0.29, 0.717) is 22.3 Å². The summed E-state index contributed by atoms with van der Waals surface area (Å²) < 4.78 is 7.43. The molecule has 0 radical (unpaired) electrons. The number of ether oxygens (including phenoxy) is 1. The van der Waals surface area contributed by atoms with Crippen LogP contribution in [0.5, 0.6) is 0 Å². The van der Waals surface area contributed by atoms with Gasteiger partial charge in [-0.3, -0.25) is 14.4 Å². The molecule has 1 saturated carbocycles. The van der Waals surface area contributed by atoms with E-state index in [4.69, 9.17) is 4.74 Å². The number of imide groups is 1. The summed E-state index contributed by atoms with van der Waals surface area (Å²) in [5.41, 5.74) is 1.27. The van der Waals surface area contributed by atoms with E-state index in [9.17, 15) is 14.4 Å². The summed E-state index contributed by atoms with van der Waals surface area (Å²) in [6.07, 6.45) is 3.57. The predicted molar refractivity (Wildman–Crippen MR) is 117 cm³/mol. The maximum Gasteiger partial charge on any atom is 0.319 e. The lowest BCUT2D eigenvalue weighted by atomic mass is 9.81. The topological polar surface area (TPSA) is 76.6 Å². The Morgan fingerprint density at radius 1 is 1.31 bits per heavy atom. The summed E-state index contributed by atoms with van der Waals surface area (Å²) in [6, 6.07) is 3.69. The molecule has 1 aliphatic heterocycles. The van der Waals surface area contributed by atoms with Crippen molar-refractivity contribution in [2.45, 2.75) is 49.1 Å². The van der Waals surface area contributed by atoms with Gasteiger partial charge in [0.2, 0.25) is 11.8 Å². The molecule has 2 aliphatic rings. The van der Waals surface area contributed by atoms with Crippen LogP contribution in [-0.4, -0.2) is 34.6 Å². The molecule has 2 amide bonds. The van der Waals surface area contributed by atoms with Crippen molar-refractivity contribution in [1.29, 1.82) is 0 Å². The van der Waals surface area contributed by atoms with Gasteiger partial charge in [0, 0.05) is 4.47 Å². The SMILES string of the molecule is CCOC(=O)C(C)Sc1nc2cc(N3C(=O)C4CCCCC4C3=O)c(Br)cc2s1. The van der Waals surface area contributed by atoms with Gasteiger partial charge in [0.25, 0.3) is 0 Å². The van der Waals surface area contributed by atoms with Crippen molar-refractivity contribution in [1.82, 2.24) is 4.98 Å². The van der Waals surface area contributed by atoms with Crippen LogP contribution in [-0.2, 0) is 19.1 Å². The zero-order valence-electron chi connectivity index (χ0n) is 16.1. The highest BCUT2D eigenvalue weighted by molar-refractivity contribution is 9.10. The van der Waals surface area contributed by atoms with Gasteiger partial charge in [-0.2, -0.15) is 0 Å². The number of thiazole rings is 1. The Kier molecular flexibility index (Phi) is 5.99. The van der Waals surface area contributed by atoms with Crippen molar-refractivity contribution in [2.24, 2.45) is 11.8 Å². The molecule has 1 saturated heterocycles. The minimum Gasteiger partial charge on any atom is -0.465 e. The molecule has 4 rings (SSSR count). The molecular formula is C20H21BrN2O4S2. The molecular weight excluding hydrogens is 476 g/mol. The van der Waals surface area contributed by atoms with Crippen molar-refractivity contribution in [3.8, 4) is 0 Å². The lowest BCUT2D eigenvalue weighted by molar-refractivity contribution is -0.142. The highest BCUT2D eigenvalue weighted by Gasteiger charge is 2.49. The molecule has 1 aliphatic carbocycles. The van der Waals surface area contributed by atoms with E-state index < -0.39 is 0 Å². The van der Waals surface area contributed by atoms with E-state index in [1.807, 2.05) is 6.07 Å². The first-order valence-electron chi connectivity index (χ1n) is 9.72. The van der Waals surface area contributed by atoms with Crippen molar-refractivity contribution >= 4 is 72.7 Å². The van der Waals surface area contributed by atoms with E-state index in [-0.39, 0.29) is 34.9 Å². The summed E-state index contributed by atoms with van der Waals surface area (Å²) in [7, 11) is 0. The monoisotopic (exact) mass is 496 g/mol. The van der Waals surface area contributed by atoms with Gasteiger partial charge in [-0.05, 0) is 54.8 Å². The Hall–Kier alpha value is -1.45. The second-order valence-electron chi connectivity index (χ2n) is 7.27. The van der Waals surface area contributed by atoms with Crippen molar-refractivity contribution in [3.05, 3.63) is 16.6 Å². The number of halogens is 1. The summed E-state index contributed by atoms with van der Waals surface area (Å²) in [4.78, 5) is 43.7. The number of amides is 2. The number of hydrogen-bond donors (Lipinski definition) is 0. The largest absolute Gasteiger partial charge is 0.465 e. The van der Waals surface area contributed by atoms with Gasteiger partial charge in [-0.1, -0.05) is 24.6 Å². The number of fused-ring (bicyclic) bond motifs is 2. The lowest BCUT2D eigenvalue weighted by Gasteiger charge is -2.19. The standard InChI is InChI=1S/C20H21BrN2O4S2/c1-3-27-19(26)10(2)28-20-22-14-9-15(13(21)8-16(14)29-20)23-17(24)11-6-4-5-7-12(11)18(23)25/h8-12H,3-7H2,1-2H3. The fourth-order valence-corrected chi connectivity index (χ4v) is 6.90. The maximum absolute atomic E-state index is 12.9. The van der Waals surface area contributed by atoms with E-state index in [0.717, 1.165) is 34.7 Å². The van der Waals surface area contributed by atoms with Crippen molar-refractivity contribution < 1.29 is 19.1 Å². The van der Waals surface area contributed by atoms with Crippen LogP contribution in [0.25, 0.3) is 10.2 Å². The predicted octanol–water partition coefficient (Wildman–Crippen LogP) is 4.78. The zero-order chi connectivity index (χ0) is 20.7. The molecule has 2 heterocycles. The first-order chi connectivity index (χ1) is 13.9. The third kappa shape index (κ3) is 3.84. The molecule has 0 spiro atoms. The second-order valence-corrected chi connectivity index (χ2v) is 10.7. The number of esters is 1. The summed E-state index contributed by atoms with van der Waals surface area (Å²) in [6.45, 7) is 3.92. The first kappa shape index (κ1) is 20.8. The van der Waals surface area contributed by atoms with Crippen LogP contribution >= 0.6 is 39.0 Å². The molecule has 1 aromatic heterocycles. The highest BCUT2D eigenvalue weighted by Crippen LogP contribution is 2.44. The van der Waals surface area contributed by atoms with Crippen LogP contribution < -0.4 is 4.90 Å². The Morgan fingerprint density at radius 2 is 1.97 bits per heavy atom. The molecule has 0 bridgehead atoms. The zero-order valence-corrected chi connectivity index (χ0v) is 19.4. The molecule has 6 nitrogen and oxygen atoms in total. The smallest absolute Gasteiger partial charge is 0.319 e. The average molecular weight is 497 g/mol. The third-order valence-electron chi connectivity index (χ3n) is 5.42. The number of anilines is 1. The number of thioether (sulfide) groups is 1. The van der Waals surface area contributed by atoms with E-state index in [2.05, 4.69) is 20.9 Å². The van der Waals surface area contributed by atoms with Gasteiger partial charge in [0.05, 0.1) is 34.3 Å². The van der Waals surface area contributed by atoms with Gasteiger partial charge in [0.1, 0.15) is 5.25 Å². The van der Waals surface area contributed by atoms with E-state index in [1.54, 1.807) is 19.9 Å². The van der Waals surface area contributed by atoms with Gasteiger partial charge in [-0.25, -0.2) is 9.88 Å². The van der Waals surface area contributed by atoms with Crippen LogP contribution in [0.3, 0.4) is 0 Å². The highest BCUT2D eigenvalue weighted by atomic mass is 79.9. The summed E-state index contributed by atoms with van der Waals surface area (Å²) in [5, 5.41) is -0.358. The molecule has 2 aromatic rings. The molecule has 0 N–H and O–H groups in total. The van der Waals surface area contributed by atoms with Gasteiger partial charge in [-0.15, -0.1) is 11.3 Å². The molecule has 29 heavy (non-hydrogen) atoms. The fraction of sp³-hybridized carbons (Fsp3) is 0.500. The second kappa shape index (κ2) is 8.35. The Labute approximate surface area is 185 Å². The Balaban J connectivity index is 1.63. The number of carbonyl (C=O) groups excluding carboxylic acids is 3. The quantitative estimate of drug-likeness (QED) is 0.336. The minimum atomic E-state index is -0.358. The molecule has 3 unspecified atom stereocenters. The van der Waals surface area contributed by atoms with Gasteiger partial charge in [0.15, 0.2) is 4.34 Å². The number of benzene rings is 1. The Morgan fingerprint density at radius 3 is 2.59 bits per heavy atom. The van der Waals surface area contributed by atoms with Crippen LogP contribution in [0, 0.1) is 11.8 Å². The van der Waals surface area contributed by atoms with Crippen molar-refractivity contribution in [2.75, 3.05) is 11.5 Å². The van der Waals surface area contributed by atoms with Crippen molar-refractivity contribution in [3.63, 3.8) is 0 Å². The lowest BCUT2D eigenvalue weighted by Crippen LogP contribution is -2.31. The minimum absolute atomic E-state index is 0.0967. The molecule has 154 valence electrons. The third-order valence-corrected chi connectivity index (χ3v) is 8.24. The molecule has 2 fully saturated rings. The average Bonchev–Trinajstić information content (AvgIpc) is 3.19. The molecule has 3 atom stereocenters. The van der Waals surface area contributed by atoms with Crippen LogP contribution in [0.1, 0.15) is 39.5 Å². The Bertz CT molecular complexity index is 968. The molecule has 9 heteroatoms. The maximum atomic E-state index is 12.9. The summed E-state index contributed by atoms with van der Waals surface area (Å²) >= 11 is 6.36. The van der Waals surface area contributed by atoms with E-state index >= 15 is 0 Å². The van der Waals surface area contributed by atoms with Gasteiger partial charge < -0.3 is 4.74 Å². The number of nitrogens with zero attached hydrogens (tertiary/aromatic N) is 2. The van der Waals surface area contributed by atoms with Crippen LogP contribution in [0.15, 0.2) is 20.9 Å². The van der Waals surface area contributed by atoms with Crippen LogP contribution in [0.2, 0.25) is 0 Å². The summed E-state index contributed by atoms with van der Waals surface area (Å²) in [5.74, 6) is -0.841. The fourth-order valence-electron chi connectivity index (χ4n) is 4.00. The normalized spacial score (nSPS) is 22.8. The number of hydrogen-bond acceptors (Lipinski definition) is 7. The van der Waals surface area contributed by atoms with Gasteiger partial charge >= 0.3 is 5.97 Å². The first-order valence-corrected chi connectivity index (χ1v) is 12.2. The number of aromatic nitrogens is 1.